The highest BCUT2D eigenvalue weighted by molar-refractivity contribution is 5.88. The second-order valence-electron chi connectivity index (χ2n) is 21.2. The van der Waals surface area contributed by atoms with Crippen molar-refractivity contribution >= 4 is 35.8 Å². The van der Waals surface area contributed by atoms with Gasteiger partial charge in [0.05, 0.1) is 0 Å². The van der Waals surface area contributed by atoms with Gasteiger partial charge >= 0.3 is 12.2 Å². The summed E-state index contributed by atoms with van der Waals surface area (Å²) in [5, 5.41) is 33.3. The van der Waals surface area contributed by atoms with Gasteiger partial charge in [-0.2, -0.15) is 0 Å². The van der Waals surface area contributed by atoms with Crippen LogP contribution in [-0.4, -0.2) is 92.1 Å². The Kier molecular flexibility index (Phi) is 20.3. The Balaban J connectivity index is 1.09. The van der Waals surface area contributed by atoms with Crippen LogP contribution in [-0.2, 0) is 30.3 Å². The van der Waals surface area contributed by atoms with Gasteiger partial charge < -0.3 is 31.5 Å². The predicted octanol–water partition coefficient (Wildman–Crippen LogP) is 10.6. The molecule has 6 aromatic carbocycles. The molecule has 0 spiro atoms. The summed E-state index contributed by atoms with van der Waals surface area (Å²) in [6, 6.07) is 55.3. The minimum absolute atomic E-state index is 0.0960. The van der Waals surface area contributed by atoms with E-state index in [9.17, 15) is 39.0 Å². The molecule has 6 aromatic rings. The Labute approximate surface area is 459 Å². The molecule has 6 N–H and O–H groups in total. The Morgan fingerprint density at radius 2 is 0.641 bits per heavy atom. The molecule has 0 heterocycles. The third-order valence-electron chi connectivity index (χ3n) is 13.7. The van der Waals surface area contributed by atoms with Crippen molar-refractivity contribution in [2.24, 2.45) is 0 Å². The molecule has 0 aliphatic carbocycles. The van der Waals surface area contributed by atoms with Crippen molar-refractivity contribution in [1.29, 1.82) is 0 Å². The van der Waals surface area contributed by atoms with Gasteiger partial charge in [-0.25, -0.2) is 9.59 Å². The zero-order valence-corrected chi connectivity index (χ0v) is 45.5. The number of carbonyl (C=O) groups is 6. The molecular weight excluding hydrogens is 981 g/mol. The molecule has 0 fully saturated rings. The van der Waals surface area contributed by atoms with Crippen LogP contribution in [0.15, 0.2) is 194 Å². The lowest BCUT2D eigenvalue weighted by atomic mass is 9.77. The maximum absolute atomic E-state index is 14.3. The van der Waals surface area contributed by atoms with E-state index in [4.69, 9.17) is 0 Å². The molecule has 14 heteroatoms. The van der Waals surface area contributed by atoms with Gasteiger partial charge in [0.2, 0.25) is 23.6 Å². The van der Waals surface area contributed by atoms with E-state index in [1.54, 1.807) is 41.5 Å². The number of benzene rings is 6. The molecule has 0 aliphatic heterocycles. The SMILES string of the molecule is CC(C)(C)N(C(=O)O)[C@@H](CCC(=O)NC(c1ccccc1)(c1ccccc1)c1ccccc1)C(=O)NCCC=CCCNC(=O)[C@H](CCC(=O)NC(c1ccccc1)(c1ccccc1)c1ccccc1)N(C(=O)O)C(C)(C)C. The number of carbonyl (C=O) groups excluding carboxylic acids is 4. The lowest BCUT2D eigenvalue weighted by Crippen LogP contribution is -2.57. The van der Waals surface area contributed by atoms with Crippen LogP contribution in [0.3, 0.4) is 0 Å². The zero-order chi connectivity index (χ0) is 56.4. The fraction of sp³-hybridized carbons (Fsp3) is 0.312. The highest BCUT2D eigenvalue weighted by Crippen LogP contribution is 2.39. The second kappa shape index (κ2) is 27.0. The number of nitrogens with one attached hydrogen (secondary N) is 4. The number of rotatable bonds is 24. The van der Waals surface area contributed by atoms with Gasteiger partial charge in [0.15, 0.2) is 0 Å². The molecule has 14 nitrogen and oxygen atoms in total. The van der Waals surface area contributed by atoms with Gasteiger partial charge in [0, 0.05) is 37.0 Å². The topological polar surface area (TPSA) is 197 Å². The summed E-state index contributed by atoms with van der Waals surface area (Å²) in [4.78, 5) is 84.4. The predicted molar refractivity (Wildman–Crippen MR) is 304 cm³/mol. The summed E-state index contributed by atoms with van der Waals surface area (Å²) in [6.45, 7) is 10.5. The number of hydrogen-bond donors (Lipinski definition) is 6. The molecule has 0 aromatic heterocycles. The molecule has 0 saturated heterocycles. The fourth-order valence-corrected chi connectivity index (χ4v) is 10.2. The van der Waals surface area contributed by atoms with Crippen LogP contribution in [0.25, 0.3) is 0 Å². The van der Waals surface area contributed by atoms with Crippen LogP contribution in [0.2, 0.25) is 0 Å². The van der Waals surface area contributed by atoms with Crippen LogP contribution in [0.1, 0.15) is 113 Å². The van der Waals surface area contributed by atoms with Crippen LogP contribution in [0, 0.1) is 0 Å². The number of carboxylic acid groups (broad SMARTS) is 2. The Morgan fingerprint density at radius 3 is 0.846 bits per heavy atom. The van der Waals surface area contributed by atoms with Crippen LogP contribution >= 0.6 is 0 Å². The van der Waals surface area contributed by atoms with E-state index in [2.05, 4.69) is 21.3 Å². The summed E-state index contributed by atoms with van der Waals surface area (Å²) in [7, 11) is 0. The second-order valence-corrected chi connectivity index (χ2v) is 21.2. The summed E-state index contributed by atoms with van der Waals surface area (Å²) >= 11 is 0. The van der Waals surface area contributed by atoms with Crippen molar-refractivity contribution in [3.8, 4) is 0 Å². The first kappa shape index (κ1) is 58.7. The highest BCUT2D eigenvalue weighted by Gasteiger charge is 2.42. The molecule has 0 bridgehead atoms. The van der Waals surface area contributed by atoms with Crippen molar-refractivity contribution in [2.45, 2.75) is 114 Å². The average Bonchev–Trinajstić information content (AvgIpc) is 3.47. The molecule has 78 heavy (non-hydrogen) atoms. The first-order chi connectivity index (χ1) is 37.3. The minimum atomic E-state index is -1.30. The van der Waals surface area contributed by atoms with Crippen molar-refractivity contribution in [2.75, 3.05) is 13.1 Å². The van der Waals surface area contributed by atoms with Crippen LogP contribution in [0.5, 0.6) is 0 Å². The van der Waals surface area contributed by atoms with Crippen molar-refractivity contribution < 1.29 is 39.0 Å². The molecule has 2 atom stereocenters. The van der Waals surface area contributed by atoms with Gasteiger partial charge in [-0.3, -0.25) is 29.0 Å². The Hall–Kier alpha value is -8.52. The van der Waals surface area contributed by atoms with Gasteiger partial charge in [-0.1, -0.05) is 194 Å². The summed E-state index contributed by atoms with van der Waals surface area (Å²) in [5.41, 5.74) is 0.756. The lowest BCUT2D eigenvalue weighted by Gasteiger charge is -2.39. The molecule has 0 saturated carbocycles. The summed E-state index contributed by atoms with van der Waals surface area (Å²) < 4.78 is 0. The van der Waals surface area contributed by atoms with Gasteiger partial charge in [0.25, 0.3) is 0 Å². The maximum atomic E-state index is 14.3. The molecule has 0 radical (unpaired) electrons. The average molecular weight is 1060 g/mol. The van der Waals surface area contributed by atoms with Crippen LogP contribution < -0.4 is 21.3 Å². The largest absolute Gasteiger partial charge is 0.465 e. The minimum Gasteiger partial charge on any atom is -0.465 e. The highest BCUT2D eigenvalue weighted by atomic mass is 16.4. The lowest BCUT2D eigenvalue weighted by molar-refractivity contribution is -0.130. The first-order valence-corrected chi connectivity index (χ1v) is 26.5. The van der Waals surface area contributed by atoms with Gasteiger partial charge in [-0.05, 0) is 101 Å². The van der Waals surface area contributed by atoms with E-state index >= 15 is 0 Å². The number of hydrogen-bond acceptors (Lipinski definition) is 6. The summed E-state index contributed by atoms with van der Waals surface area (Å²) in [6.07, 6.45) is 1.27. The van der Waals surface area contributed by atoms with Gasteiger partial charge in [0.1, 0.15) is 23.2 Å². The molecule has 408 valence electrons. The normalized spacial score (nSPS) is 12.6. The third kappa shape index (κ3) is 14.7. The van der Waals surface area contributed by atoms with Crippen molar-refractivity contribution in [1.82, 2.24) is 31.1 Å². The quantitative estimate of drug-likeness (QED) is 0.0196. The van der Waals surface area contributed by atoms with Crippen molar-refractivity contribution in [3.05, 3.63) is 228 Å². The summed E-state index contributed by atoms with van der Waals surface area (Å²) in [5.74, 6) is -1.85. The smallest absolute Gasteiger partial charge is 0.408 e. The van der Waals surface area contributed by atoms with E-state index in [-0.39, 0.29) is 50.6 Å². The van der Waals surface area contributed by atoms with E-state index in [0.29, 0.717) is 12.8 Å². The molecule has 0 aliphatic rings. The van der Waals surface area contributed by atoms with Gasteiger partial charge in [-0.15, -0.1) is 0 Å². The van der Waals surface area contributed by atoms with Crippen LogP contribution in [0.4, 0.5) is 9.59 Å². The van der Waals surface area contributed by atoms with E-state index in [0.717, 1.165) is 43.2 Å². The fourth-order valence-electron chi connectivity index (χ4n) is 10.2. The van der Waals surface area contributed by atoms with E-state index in [1.165, 1.54) is 0 Å². The maximum Gasteiger partial charge on any atom is 0.408 e. The molecule has 0 unspecified atom stereocenters. The van der Waals surface area contributed by atoms with E-state index in [1.807, 2.05) is 194 Å². The standard InChI is InChI=1S/C64H74N6O8/c1-61(2,3)69(59(75)76)53(41-43-55(71)67-63(47-29-15-9-16-30-47,48-31-17-10-18-32-48)49-33-19-11-20-34-49)57(73)65-45-27-7-8-28-46-66-58(74)54(70(60(77)78)62(4,5)6)42-44-56(72)68-64(50-35-21-12-22-36-50,51-37-23-13-24-38-51)52-39-25-14-26-40-52/h7-26,29-40,53-54H,27-28,41-46H2,1-6H3,(H,65,73)(H,66,74)(H,67,71)(H,68,72)(H,75,76)(H,77,78)/t53-,54-/m0/s1. The number of nitrogens with zero attached hydrogens (tertiary/aromatic N) is 2. The Morgan fingerprint density at radius 1 is 0.410 bits per heavy atom. The molecule has 6 rings (SSSR count). The van der Waals surface area contributed by atoms with Crippen molar-refractivity contribution in [3.63, 3.8) is 0 Å². The molecule has 6 amide bonds. The zero-order valence-electron chi connectivity index (χ0n) is 45.5. The number of amides is 6. The third-order valence-corrected chi connectivity index (χ3v) is 13.7. The first-order valence-electron chi connectivity index (χ1n) is 26.5. The monoisotopic (exact) mass is 1050 g/mol. The Bertz CT molecular complexity index is 2540. The molecular formula is C64H74N6O8. The van der Waals surface area contributed by atoms with E-state index < -0.39 is 58.2 Å².